The van der Waals surface area contributed by atoms with E-state index in [1.54, 1.807) is 17.3 Å². The molecule has 1 N–H and O–H groups in total. The summed E-state index contributed by atoms with van der Waals surface area (Å²) in [6, 6.07) is 13.6. The predicted octanol–water partition coefficient (Wildman–Crippen LogP) is 3.80. The smallest absolute Gasteiger partial charge is 0.259 e. The summed E-state index contributed by atoms with van der Waals surface area (Å²) in [5, 5.41) is 9.89. The molecule has 0 unspecified atom stereocenters. The minimum Gasteiger partial charge on any atom is -0.472 e. The van der Waals surface area contributed by atoms with Crippen LogP contribution in [0.2, 0.25) is 0 Å². The van der Waals surface area contributed by atoms with Crippen molar-refractivity contribution in [2.45, 2.75) is 39.5 Å². The number of pyridine rings is 2. The van der Waals surface area contributed by atoms with E-state index in [0.717, 1.165) is 28.8 Å². The van der Waals surface area contributed by atoms with Gasteiger partial charge in [-0.15, -0.1) is 0 Å². The molecule has 0 fully saturated rings. The van der Waals surface area contributed by atoms with E-state index >= 15 is 0 Å². The third-order valence-corrected chi connectivity index (χ3v) is 6.64. The van der Waals surface area contributed by atoms with E-state index in [1.165, 1.54) is 0 Å². The summed E-state index contributed by atoms with van der Waals surface area (Å²) >= 11 is 0. The average Bonchev–Trinajstić information content (AvgIpc) is 2.86. The number of benzene rings is 1. The average molecular weight is 475 g/mol. The lowest BCUT2D eigenvalue weighted by molar-refractivity contribution is 0.0325. The summed E-state index contributed by atoms with van der Waals surface area (Å²) in [5.41, 5.74) is 4.56. The van der Waals surface area contributed by atoms with Crippen molar-refractivity contribution in [3.05, 3.63) is 77.7 Å². The van der Waals surface area contributed by atoms with Crippen LogP contribution in [0.5, 0.6) is 5.88 Å². The second kappa shape index (κ2) is 11.0. The van der Waals surface area contributed by atoms with Gasteiger partial charge in [0, 0.05) is 49.7 Å². The topological polar surface area (TPSA) is 78.8 Å². The lowest BCUT2D eigenvalue weighted by atomic mass is 9.98. The van der Waals surface area contributed by atoms with Gasteiger partial charge in [0.05, 0.1) is 12.6 Å². The summed E-state index contributed by atoms with van der Waals surface area (Å²) in [5.74, 6) is 0.211. The maximum atomic E-state index is 13.7. The van der Waals surface area contributed by atoms with Crippen LogP contribution < -0.4 is 4.74 Å². The first-order valence-electron chi connectivity index (χ1n) is 12.1. The fraction of sp³-hybridized carbons (Fsp3) is 0.393. The van der Waals surface area contributed by atoms with E-state index in [-0.39, 0.29) is 30.6 Å². The number of nitrogens with zero attached hydrogens (tertiary/aromatic N) is 4. The molecular weight excluding hydrogens is 440 g/mol. The van der Waals surface area contributed by atoms with Gasteiger partial charge in [0.2, 0.25) is 5.88 Å². The number of hydrogen-bond acceptors (Lipinski definition) is 6. The Kier molecular flexibility index (Phi) is 7.78. The molecule has 4 rings (SSSR count). The van der Waals surface area contributed by atoms with Gasteiger partial charge in [-0.05, 0) is 49.7 Å². The van der Waals surface area contributed by atoms with E-state index in [1.807, 2.05) is 56.4 Å². The van der Waals surface area contributed by atoms with Crippen molar-refractivity contribution >= 4 is 5.91 Å². The number of likely N-dealkylation sites (N-methyl/N-ethyl adjacent to an activating group) is 1. The Morgan fingerprint density at radius 2 is 2.00 bits per heavy atom. The zero-order valence-corrected chi connectivity index (χ0v) is 20.9. The number of amides is 1. The van der Waals surface area contributed by atoms with Gasteiger partial charge in [0.1, 0.15) is 11.7 Å². The highest BCUT2D eigenvalue weighted by Gasteiger charge is 2.34. The number of rotatable bonds is 7. The molecule has 35 heavy (non-hydrogen) atoms. The van der Waals surface area contributed by atoms with E-state index in [9.17, 15) is 9.90 Å². The zero-order valence-electron chi connectivity index (χ0n) is 20.9. The van der Waals surface area contributed by atoms with Crippen LogP contribution in [0.4, 0.5) is 0 Å². The largest absolute Gasteiger partial charge is 0.472 e. The minimum absolute atomic E-state index is 0.0373. The van der Waals surface area contributed by atoms with Gasteiger partial charge in [-0.3, -0.25) is 14.7 Å². The van der Waals surface area contributed by atoms with Gasteiger partial charge in [-0.25, -0.2) is 4.98 Å². The summed E-state index contributed by atoms with van der Waals surface area (Å²) in [6.45, 7) is 7.77. The molecule has 0 saturated carbocycles. The van der Waals surface area contributed by atoms with Crippen molar-refractivity contribution in [3.63, 3.8) is 0 Å². The van der Waals surface area contributed by atoms with Gasteiger partial charge >= 0.3 is 0 Å². The van der Waals surface area contributed by atoms with Crippen LogP contribution in [0, 0.1) is 12.8 Å². The highest BCUT2D eigenvalue weighted by atomic mass is 16.5. The fourth-order valence-corrected chi connectivity index (χ4v) is 4.54. The lowest BCUT2D eigenvalue weighted by Crippen LogP contribution is -2.49. The van der Waals surface area contributed by atoms with Crippen molar-refractivity contribution in [1.82, 2.24) is 19.8 Å². The number of carbonyl (C=O) groups is 1. The van der Waals surface area contributed by atoms with Gasteiger partial charge in [0.25, 0.3) is 5.91 Å². The number of carbonyl (C=O) groups excluding carboxylic acids is 1. The van der Waals surface area contributed by atoms with E-state index in [4.69, 9.17) is 4.74 Å². The van der Waals surface area contributed by atoms with E-state index in [2.05, 4.69) is 34.9 Å². The van der Waals surface area contributed by atoms with Gasteiger partial charge in [-0.2, -0.15) is 0 Å². The molecule has 2 aromatic heterocycles. The summed E-state index contributed by atoms with van der Waals surface area (Å²) in [6.07, 6.45) is 5.22. The first-order chi connectivity index (χ1) is 16.9. The number of aryl methyl sites for hydroxylation is 1. The third-order valence-electron chi connectivity index (χ3n) is 6.64. The molecular formula is C28H34N4O3. The number of aliphatic hydroxyl groups excluding tert-OH is 1. The van der Waals surface area contributed by atoms with Gasteiger partial charge < -0.3 is 14.7 Å². The Balaban J connectivity index is 1.67. The van der Waals surface area contributed by atoms with E-state index < -0.39 is 0 Å². The fourth-order valence-electron chi connectivity index (χ4n) is 4.54. The molecule has 1 aliphatic rings. The van der Waals surface area contributed by atoms with Crippen LogP contribution in [0.15, 0.2) is 61.1 Å². The highest BCUT2D eigenvalue weighted by Crippen LogP contribution is 2.31. The number of fused-ring (bicyclic) bond motifs is 1. The Morgan fingerprint density at radius 3 is 2.71 bits per heavy atom. The Morgan fingerprint density at radius 1 is 1.20 bits per heavy atom. The predicted molar refractivity (Wildman–Crippen MR) is 136 cm³/mol. The van der Waals surface area contributed by atoms with Crippen molar-refractivity contribution in [1.29, 1.82) is 0 Å². The number of hydrogen-bond donors (Lipinski definition) is 1. The Labute approximate surface area is 207 Å². The minimum atomic E-state index is -0.313. The maximum Gasteiger partial charge on any atom is 0.259 e. The normalized spacial score (nSPS) is 19.0. The summed E-state index contributed by atoms with van der Waals surface area (Å²) < 4.78 is 6.43. The van der Waals surface area contributed by atoms with Crippen molar-refractivity contribution in [3.8, 4) is 17.0 Å². The van der Waals surface area contributed by atoms with Crippen molar-refractivity contribution in [2.24, 2.45) is 5.92 Å². The lowest BCUT2D eigenvalue weighted by Gasteiger charge is -2.37. The van der Waals surface area contributed by atoms with E-state index in [0.29, 0.717) is 24.5 Å². The molecule has 1 amide bonds. The summed E-state index contributed by atoms with van der Waals surface area (Å²) in [7, 11) is 2.05. The van der Waals surface area contributed by atoms with Crippen LogP contribution in [0.1, 0.15) is 35.3 Å². The monoisotopic (exact) mass is 474 g/mol. The van der Waals surface area contributed by atoms with Crippen LogP contribution in [0.25, 0.3) is 11.1 Å². The molecule has 7 heteroatoms. The van der Waals surface area contributed by atoms with Crippen LogP contribution in [-0.2, 0) is 6.54 Å². The first kappa shape index (κ1) is 24.8. The summed E-state index contributed by atoms with van der Waals surface area (Å²) in [4.78, 5) is 26.4. The molecule has 0 spiro atoms. The molecule has 3 atom stereocenters. The SMILES string of the molecule is Cc1ccccc1-c1cnc2c(c1)C(=O)N([C@@H](C)CO)C[C@@H](C)[C@H](CN(C)Cc1cccnc1)O2. The molecule has 0 radical (unpaired) electrons. The van der Waals surface area contributed by atoms with Crippen molar-refractivity contribution in [2.75, 3.05) is 26.7 Å². The molecule has 3 aromatic rings. The quantitative estimate of drug-likeness (QED) is 0.561. The molecule has 0 aliphatic carbocycles. The molecule has 0 bridgehead atoms. The van der Waals surface area contributed by atoms with Gasteiger partial charge in [-0.1, -0.05) is 37.3 Å². The third kappa shape index (κ3) is 5.69. The second-order valence-corrected chi connectivity index (χ2v) is 9.57. The van der Waals surface area contributed by atoms with Crippen LogP contribution in [0.3, 0.4) is 0 Å². The first-order valence-corrected chi connectivity index (χ1v) is 12.1. The maximum absolute atomic E-state index is 13.7. The highest BCUT2D eigenvalue weighted by molar-refractivity contribution is 5.98. The van der Waals surface area contributed by atoms with Crippen LogP contribution in [-0.4, -0.2) is 69.7 Å². The molecule has 7 nitrogen and oxygen atoms in total. The van der Waals surface area contributed by atoms with Crippen molar-refractivity contribution < 1.29 is 14.6 Å². The molecule has 1 aromatic carbocycles. The standard InChI is InChI=1S/C28H34N4O3/c1-19-8-5-6-10-24(19)23-12-25-27(30-14-23)35-26(17-31(4)16-22-9-7-11-29-13-22)20(2)15-32(28(25)34)21(3)18-33/h5-14,20-21,26,33H,15-18H2,1-4H3/t20-,21+,26+/m1/s1. The number of aromatic nitrogens is 2. The second-order valence-electron chi connectivity index (χ2n) is 9.57. The molecule has 0 saturated heterocycles. The zero-order chi connectivity index (χ0) is 24.9. The molecule has 184 valence electrons. The number of ether oxygens (including phenoxy) is 1. The molecule has 3 heterocycles. The Hall–Kier alpha value is -3.29. The van der Waals surface area contributed by atoms with Gasteiger partial charge in [0.15, 0.2) is 0 Å². The number of aliphatic hydroxyl groups is 1. The van der Waals surface area contributed by atoms with Crippen LogP contribution >= 0.6 is 0 Å². The molecule has 1 aliphatic heterocycles. The Bertz CT molecular complexity index is 1150.